The van der Waals surface area contributed by atoms with Crippen LogP contribution in [0.2, 0.25) is 0 Å². The van der Waals surface area contributed by atoms with E-state index < -0.39 is 5.97 Å². The van der Waals surface area contributed by atoms with Gasteiger partial charge in [0, 0.05) is 18.1 Å². The Morgan fingerprint density at radius 2 is 2.17 bits per heavy atom. The van der Waals surface area contributed by atoms with Gasteiger partial charge in [0.25, 0.3) is 5.91 Å². The molecule has 3 rings (SSSR count). The molecule has 2 aromatic rings. The first-order valence-electron chi connectivity index (χ1n) is 7.48. The fraction of sp³-hybridized carbons (Fsp3) is 0.235. The fourth-order valence-corrected chi connectivity index (χ4v) is 2.69. The highest BCUT2D eigenvalue weighted by Gasteiger charge is 2.34. The Labute approximate surface area is 138 Å². The number of benzene rings is 1. The van der Waals surface area contributed by atoms with Gasteiger partial charge in [-0.15, -0.1) is 0 Å². The summed E-state index contributed by atoms with van der Waals surface area (Å²) in [5.41, 5.74) is 1.73. The van der Waals surface area contributed by atoms with Crippen molar-refractivity contribution in [2.45, 2.75) is 0 Å². The number of amides is 1. The average Bonchev–Trinajstić information content (AvgIpc) is 2.91. The van der Waals surface area contributed by atoms with Crippen molar-refractivity contribution in [3.05, 3.63) is 47.8 Å². The van der Waals surface area contributed by atoms with E-state index in [4.69, 9.17) is 9.84 Å². The first-order valence-corrected chi connectivity index (χ1v) is 7.48. The Kier molecular flexibility index (Phi) is 4.43. The summed E-state index contributed by atoms with van der Waals surface area (Å²) in [4.78, 5) is 30.3. The molecule has 0 radical (unpaired) electrons. The molecule has 0 fully saturated rings. The zero-order valence-corrected chi connectivity index (χ0v) is 13.2. The molecule has 0 atom stereocenters. The van der Waals surface area contributed by atoms with Crippen molar-refractivity contribution < 1.29 is 19.4 Å². The van der Waals surface area contributed by atoms with Crippen LogP contribution >= 0.6 is 0 Å². The van der Waals surface area contributed by atoms with Crippen LogP contribution in [0.4, 0.5) is 5.69 Å². The molecular formula is C17H17N3O4. The van der Waals surface area contributed by atoms with E-state index in [9.17, 15) is 9.59 Å². The van der Waals surface area contributed by atoms with Gasteiger partial charge in [0.1, 0.15) is 5.70 Å². The van der Waals surface area contributed by atoms with E-state index in [2.05, 4.69) is 10.3 Å². The number of pyridine rings is 1. The number of ether oxygens (including phenoxy) is 1. The fourth-order valence-electron chi connectivity index (χ4n) is 2.69. The van der Waals surface area contributed by atoms with Crippen molar-refractivity contribution in [1.29, 1.82) is 0 Å². The molecule has 0 saturated heterocycles. The van der Waals surface area contributed by atoms with Crippen molar-refractivity contribution >= 4 is 28.5 Å². The number of methoxy groups -OCH3 is 1. The number of carbonyl (C=O) groups excluding carboxylic acids is 2. The number of nitrogens with one attached hydrogen (secondary N) is 1. The summed E-state index contributed by atoms with van der Waals surface area (Å²) in [5, 5.41) is 13.0. The molecule has 1 aromatic carbocycles. The van der Waals surface area contributed by atoms with Crippen molar-refractivity contribution in [3.63, 3.8) is 0 Å². The number of para-hydroxylation sites is 1. The van der Waals surface area contributed by atoms with Gasteiger partial charge < -0.3 is 20.1 Å². The standard InChI is InChI=1S/C17H17N3O4/c1-24-17(23)12-10-20(8-9-21)16(22)15(12)19-13-6-2-4-11-5-3-7-18-14(11)13/h2-7,19,21H,8-10H2,1H3. The van der Waals surface area contributed by atoms with Gasteiger partial charge in [0.05, 0.1) is 37.0 Å². The monoisotopic (exact) mass is 327 g/mol. The Balaban J connectivity index is 2.01. The van der Waals surface area contributed by atoms with Crippen LogP contribution in [0, 0.1) is 0 Å². The Bertz CT molecular complexity index is 826. The number of carbonyl (C=O) groups is 2. The summed E-state index contributed by atoms with van der Waals surface area (Å²) in [7, 11) is 1.27. The smallest absolute Gasteiger partial charge is 0.337 e. The number of rotatable bonds is 5. The number of hydrogen-bond acceptors (Lipinski definition) is 6. The molecule has 2 N–H and O–H groups in total. The predicted octanol–water partition coefficient (Wildman–Crippen LogP) is 0.908. The van der Waals surface area contributed by atoms with Gasteiger partial charge in [-0.2, -0.15) is 0 Å². The zero-order chi connectivity index (χ0) is 17.1. The van der Waals surface area contributed by atoms with Crippen LogP contribution in [0.15, 0.2) is 47.8 Å². The summed E-state index contributed by atoms with van der Waals surface area (Å²) in [6.45, 7) is 0.0776. The van der Waals surface area contributed by atoms with Gasteiger partial charge in [0.15, 0.2) is 0 Å². The van der Waals surface area contributed by atoms with Gasteiger partial charge in [-0.1, -0.05) is 18.2 Å². The third kappa shape index (κ3) is 2.81. The summed E-state index contributed by atoms with van der Waals surface area (Å²) in [5.74, 6) is -0.920. The molecule has 7 heteroatoms. The Hall–Kier alpha value is -2.93. The van der Waals surface area contributed by atoms with Crippen molar-refractivity contribution in [2.24, 2.45) is 0 Å². The maximum Gasteiger partial charge on any atom is 0.337 e. The summed E-state index contributed by atoms with van der Waals surface area (Å²) < 4.78 is 4.77. The molecular weight excluding hydrogens is 310 g/mol. The van der Waals surface area contributed by atoms with Gasteiger partial charge in [0.2, 0.25) is 0 Å². The summed E-state index contributed by atoms with van der Waals surface area (Å²) in [6.07, 6.45) is 1.66. The van der Waals surface area contributed by atoms with Gasteiger partial charge in [-0.05, 0) is 12.1 Å². The second kappa shape index (κ2) is 6.67. The van der Waals surface area contributed by atoms with E-state index in [1.807, 2.05) is 24.3 Å². The van der Waals surface area contributed by atoms with Crippen LogP contribution in [-0.2, 0) is 14.3 Å². The van der Waals surface area contributed by atoms with E-state index >= 15 is 0 Å². The quantitative estimate of drug-likeness (QED) is 0.793. The van der Waals surface area contributed by atoms with E-state index in [-0.39, 0.29) is 36.9 Å². The van der Waals surface area contributed by atoms with Gasteiger partial charge in [-0.3, -0.25) is 9.78 Å². The number of esters is 1. The largest absolute Gasteiger partial charge is 0.466 e. The SMILES string of the molecule is COC(=O)C1=C(Nc2cccc3cccnc23)C(=O)N(CCO)C1. The topological polar surface area (TPSA) is 91.8 Å². The second-order valence-electron chi connectivity index (χ2n) is 5.30. The normalized spacial score (nSPS) is 14.4. The number of aliphatic hydroxyl groups excluding tert-OH is 1. The molecule has 1 amide bonds. The average molecular weight is 327 g/mol. The third-order valence-electron chi connectivity index (χ3n) is 3.85. The lowest BCUT2D eigenvalue weighted by Gasteiger charge is -2.15. The minimum absolute atomic E-state index is 0.104. The Morgan fingerprint density at radius 1 is 1.38 bits per heavy atom. The van der Waals surface area contributed by atoms with Crippen molar-refractivity contribution in [3.8, 4) is 0 Å². The van der Waals surface area contributed by atoms with Gasteiger partial charge in [-0.25, -0.2) is 4.79 Å². The number of anilines is 1. The van der Waals surface area contributed by atoms with Crippen LogP contribution in [0.3, 0.4) is 0 Å². The molecule has 1 aliphatic rings. The van der Waals surface area contributed by atoms with E-state index in [1.54, 1.807) is 12.3 Å². The second-order valence-corrected chi connectivity index (χ2v) is 5.30. The molecule has 7 nitrogen and oxygen atoms in total. The summed E-state index contributed by atoms with van der Waals surface area (Å²) in [6, 6.07) is 9.29. The lowest BCUT2D eigenvalue weighted by atomic mass is 10.1. The highest BCUT2D eigenvalue weighted by atomic mass is 16.5. The molecule has 1 aliphatic heterocycles. The summed E-state index contributed by atoms with van der Waals surface area (Å²) >= 11 is 0. The number of aromatic nitrogens is 1. The van der Waals surface area contributed by atoms with Crippen LogP contribution in [-0.4, -0.2) is 53.7 Å². The molecule has 24 heavy (non-hydrogen) atoms. The molecule has 2 heterocycles. The number of fused-ring (bicyclic) bond motifs is 1. The minimum Gasteiger partial charge on any atom is -0.466 e. The third-order valence-corrected chi connectivity index (χ3v) is 3.85. The lowest BCUT2D eigenvalue weighted by Crippen LogP contribution is -2.31. The van der Waals surface area contributed by atoms with Gasteiger partial charge >= 0.3 is 5.97 Å². The number of hydrogen-bond donors (Lipinski definition) is 2. The van der Waals surface area contributed by atoms with E-state index in [1.165, 1.54) is 12.0 Å². The molecule has 0 aliphatic carbocycles. The molecule has 0 bridgehead atoms. The van der Waals surface area contributed by atoms with Crippen LogP contribution < -0.4 is 5.32 Å². The number of aliphatic hydroxyl groups is 1. The Morgan fingerprint density at radius 3 is 2.92 bits per heavy atom. The lowest BCUT2D eigenvalue weighted by molar-refractivity contribution is -0.136. The van der Waals surface area contributed by atoms with Crippen molar-refractivity contribution in [2.75, 3.05) is 32.1 Å². The molecule has 124 valence electrons. The number of nitrogens with zero attached hydrogens (tertiary/aromatic N) is 2. The molecule has 0 unspecified atom stereocenters. The molecule has 0 spiro atoms. The van der Waals surface area contributed by atoms with E-state index in [0.717, 1.165) is 5.39 Å². The minimum atomic E-state index is -0.570. The maximum atomic E-state index is 12.5. The first kappa shape index (κ1) is 15.9. The van der Waals surface area contributed by atoms with Crippen molar-refractivity contribution in [1.82, 2.24) is 9.88 Å². The first-order chi connectivity index (χ1) is 11.7. The maximum absolute atomic E-state index is 12.5. The van der Waals surface area contributed by atoms with E-state index in [0.29, 0.717) is 11.2 Å². The highest BCUT2D eigenvalue weighted by Crippen LogP contribution is 2.26. The molecule has 0 saturated carbocycles. The molecule has 1 aromatic heterocycles. The zero-order valence-electron chi connectivity index (χ0n) is 13.2. The van der Waals surface area contributed by atoms with Crippen LogP contribution in [0.5, 0.6) is 0 Å². The van der Waals surface area contributed by atoms with Crippen LogP contribution in [0.25, 0.3) is 10.9 Å². The predicted molar refractivity (Wildman–Crippen MR) is 88.1 cm³/mol. The highest BCUT2D eigenvalue weighted by molar-refractivity contribution is 6.09. The number of β-amino-alcohol motifs (C(OH)–C–C–N with tert-alkyl or cyclic N) is 1. The van der Waals surface area contributed by atoms with Crippen LogP contribution in [0.1, 0.15) is 0 Å².